The van der Waals surface area contributed by atoms with E-state index in [9.17, 15) is 0 Å². The largest absolute Gasteiger partial charge is 0.362 e. The first-order valence-electron chi connectivity index (χ1n) is 3.80. The fraction of sp³-hybridized carbons (Fsp3) is 1.00. The Balaban J connectivity index is 2.58. The zero-order valence-electron chi connectivity index (χ0n) is 6.86. The van der Waals surface area contributed by atoms with Crippen molar-refractivity contribution >= 4 is 17.2 Å². The summed E-state index contributed by atoms with van der Waals surface area (Å²) in [6, 6.07) is 1.53. The van der Waals surface area contributed by atoms with Crippen molar-refractivity contribution in [2.75, 3.05) is 0 Å². The molecule has 0 aromatic rings. The first-order chi connectivity index (χ1) is 4.02. The lowest BCUT2D eigenvalue weighted by Gasteiger charge is -2.21. The van der Waals surface area contributed by atoms with E-state index in [1.807, 2.05) is 0 Å². The normalized spacial score (nSPS) is 41.3. The molecule has 1 aliphatic rings. The van der Waals surface area contributed by atoms with Gasteiger partial charge in [-0.3, -0.25) is 0 Å². The minimum absolute atomic E-state index is 0.421. The van der Waals surface area contributed by atoms with Crippen LogP contribution in [0, 0.1) is 0 Å². The van der Waals surface area contributed by atoms with Crippen molar-refractivity contribution < 1.29 is 0 Å². The second kappa shape index (κ2) is 2.21. The molecular weight excluding hydrogens is 142 g/mol. The summed E-state index contributed by atoms with van der Waals surface area (Å²) in [5, 5.41) is 0. The molecule has 3 heteroatoms. The summed E-state index contributed by atoms with van der Waals surface area (Å²) in [6.45, 7) is 9.75. The summed E-state index contributed by atoms with van der Waals surface area (Å²) in [5.74, 6) is 0. The van der Waals surface area contributed by atoms with Crippen molar-refractivity contribution in [3.63, 3.8) is 0 Å². The number of nitrogens with one attached hydrogen (secondary N) is 1. The minimum Gasteiger partial charge on any atom is -0.362 e. The second-order valence-corrected chi connectivity index (χ2v) is 11.8. The predicted molar refractivity (Wildman–Crippen MR) is 47.9 cm³/mol. The van der Waals surface area contributed by atoms with Crippen LogP contribution in [-0.4, -0.2) is 17.2 Å². The summed E-state index contributed by atoms with van der Waals surface area (Å²) >= 11 is 0. The highest BCUT2D eigenvalue weighted by atomic mass is 28.4. The number of hydrogen-bond donors (Lipinski definition) is 1. The van der Waals surface area contributed by atoms with E-state index >= 15 is 0 Å². The molecule has 0 spiro atoms. The highest BCUT2D eigenvalue weighted by Crippen LogP contribution is 2.30. The molecule has 1 heterocycles. The Labute approximate surface area is 60.6 Å². The van der Waals surface area contributed by atoms with Crippen LogP contribution in [0.3, 0.4) is 0 Å². The highest BCUT2D eigenvalue weighted by molar-refractivity contribution is 6.89. The molecule has 2 unspecified atom stereocenters. The lowest BCUT2D eigenvalue weighted by Crippen LogP contribution is -2.45. The zero-order valence-corrected chi connectivity index (χ0v) is 9.02. The molecule has 0 bridgehead atoms. The van der Waals surface area contributed by atoms with Gasteiger partial charge in [-0.15, -0.1) is 0 Å². The average molecular weight is 159 g/mol. The SMILES string of the molecule is CC1C[SiH](C)N[Si]1(C)C. The van der Waals surface area contributed by atoms with Gasteiger partial charge in [0.1, 0.15) is 8.24 Å². The van der Waals surface area contributed by atoms with Gasteiger partial charge in [0.05, 0.1) is 8.96 Å². The lowest BCUT2D eigenvalue weighted by molar-refractivity contribution is 1.02. The standard InChI is InChI=1S/C6H17NSi2/c1-6-5-8(2)7-9(6,3)4/h6-8H,5H2,1-4H3. The third kappa shape index (κ3) is 1.45. The molecule has 0 saturated carbocycles. The van der Waals surface area contributed by atoms with E-state index in [0.29, 0.717) is 0 Å². The average Bonchev–Trinajstić information content (AvgIpc) is 1.79. The van der Waals surface area contributed by atoms with Crippen LogP contribution in [0.5, 0.6) is 0 Å². The van der Waals surface area contributed by atoms with Crippen LogP contribution in [0.25, 0.3) is 0 Å². The molecule has 1 saturated heterocycles. The van der Waals surface area contributed by atoms with Gasteiger partial charge in [-0.05, 0) is 11.6 Å². The maximum atomic E-state index is 3.82. The van der Waals surface area contributed by atoms with Crippen molar-refractivity contribution in [3.8, 4) is 0 Å². The van der Waals surface area contributed by atoms with Crippen LogP contribution < -0.4 is 4.65 Å². The Bertz CT molecular complexity index is 114. The fourth-order valence-electron chi connectivity index (χ4n) is 1.66. The van der Waals surface area contributed by atoms with Crippen LogP contribution in [-0.2, 0) is 0 Å². The molecule has 2 atom stereocenters. The number of hydrogen-bond acceptors (Lipinski definition) is 1. The maximum Gasteiger partial charge on any atom is 0.115 e. The van der Waals surface area contributed by atoms with Crippen LogP contribution in [0.4, 0.5) is 0 Å². The molecule has 1 nitrogen and oxygen atoms in total. The molecule has 1 fully saturated rings. The second-order valence-electron chi connectivity index (χ2n) is 3.90. The van der Waals surface area contributed by atoms with Gasteiger partial charge in [0, 0.05) is 0 Å². The zero-order chi connectivity index (χ0) is 7.07. The highest BCUT2D eigenvalue weighted by Gasteiger charge is 2.37. The number of rotatable bonds is 0. The molecule has 1 rings (SSSR count). The van der Waals surface area contributed by atoms with Crippen LogP contribution in [0.2, 0.25) is 31.2 Å². The molecule has 0 aliphatic carbocycles. The smallest absolute Gasteiger partial charge is 0.115 e. The summed E-state index contributed by atoms with van der Waals surface area (Å²) in [6.07, 6.45) is 0. The van der Waals surface area contributed by atoms with Crippen molar-refractivity contribution in [2.45, 2.75) is 38.2 Å². The van der Waals surface area contributed by atoms with Gasteiger partial charge in [-0.2, -0.15) is 0 Å². The molecule has 0 amide bonds. The van der Waals surface area contributed by atoms with E-state index in [1.54, 1.807) is 0 Å². The summed E-state index contributed by atoms with van der Waals surface area (Å²) < 4.78 is 3.82. The van der Waals surface area contributed by atoms with E-state index in [-0.39, 0.29) is 0 Å². The van der Waals surface area contributed by atoms with E-state index in [2.05, 4.69) is 31.2 Å². The molecular formula is C6H17NSi2. The van der Waals surface area contributed by atoms with Gasteiger partial charge in [0.25, 0.3) is 0 Å². The van der Waals surface area contributed by atoms with Gasteiger partial charge in [-0.25, -0.2) is 0 Å². The third-order valence-corrected chi connectivity index (χ3v) is 12.1. The molecule has 1 N–H and O–H groups in total. The van der Waals surface area contributed by atoms with Crippen molar-refractivity contribution in [1.29, 1.82) is 0 Å². The van der Waals surface area contributed by atoms with Gasteiger partial charge in [0.2, 0.25) is 0 Å². The van der Waals surface area contributed by atoms with E-state index in [0.717, 1.165) is 5.54 Å². The predicted octanol–water partition coefficient (Wildman–Crippen LogP) is 1.54. The molecule has 1 aliphatic heterocycles. The minimum atomic E-state index is -0.895. The molecule has 0 aromatic heterocycles. The Hall–Kier alpha value is 0.394. The van der Waals surface area contributed by atoms with Crippen molar-refractivity contribution in [2.24, 2.45) is 0 Å². The quantitative estimate of drug-likeness (QED) is 0.529. The Kier molecular flexibility index (Phi) is 1.85. The Morgan fingerprint density at radius 3 is 2.22 bits per heavy atom. The first kappa shape index (κ1) is 7.50. The van der Waals surface area contributed by atoms with Crippen LogP contribution >= 0.6 is 0 Å². The fourth-order valence-corrected chi connectivity index (χ4v) is 12.8. The van der Waals surface area contributed by atoms with Crippen molar-refractivity contribution in [3.05, 3.63) is 0 Å². The summed E-state index contributed by atoms with van der Waals surface area (Å²) in [4.78, 5) is 0. The van der Waals surface area contributed by atoms with E-state index in [4.69, 9.17) is 0 Å². The maximum absolute atomic E-state index is 3.82. The van der Waals surface area contributed by atoms with Gasteiger partial charge in [0.15, 0.2) is 0 Å². The third-order valence-electron chi connectivity index (χ3n) is 2.56. The van der Waals surface area contributed by atoms with E-state index < -0.39 is 17.2 Å². The monoisotopic (exact) mass is 159 g/mol. The van der Waals surface area contributed by atoms with Gasteiger partial charge in [-0.1, -0.05) is 26.6 Å². The summed E-state index contributed by atoms with van der Waals surface area (Å²) in [7, 11) is -1.32. The lowest BCUT2D eigenvalue weighted by atomic mass is 10.6. The molecule has 54 valence electrons. The van der Waals surface area contributed by atoms with Gasteiger partial charge >= 0.3 is 0 Å². The molecule has 9 heavy (non-hydrogen) atoms. The van der Waals surface area contributed by atoms with E-state index in [1.165, 1.54) is 6.04 Å². The first-order valence-corrected chi connectivity index (χ1v) is 9.42. The Morgan fingerprint density at radius 1 is 1.56 bits per heavy atom. The van der Waals surface area contributed by atoms with Crippen LogP contribution in [0.15, 0.2) is 0 Å². The molecule has 0 radical (unpaired) electrons. The summed E-state index contributed by atoms with van der Waals surface area (Å²) in [5.41, 5.74) is 1.03. The van der Waals surface area contributed by atoms with Crippen LogP contribution in [0.1, 0.15) is 6.92 Å². The van der Waals surface area contributed by atoms with Gasteiger partial charge < -0.3 is 4.65 Å². The topological polar surface area (TPSA) is 12.0 Å². The Morgan fingerprint density at radius 2 is 2.11 bits per heavy atom. The molecule has 0 aromatic carbocycles. The van der Waals surface area contributed by atoms with Crippen molar-refractivity contribution in [1.82, 2.24) is 4.65 Å².